The molecular formula is C4H8N4O. The van der Waals surface area contributed by atoms with E-state index in [9.17, 15) is 0 Å². The van der Waals surface area contributed by atoms with Gasteiger partial charge in [0.2, 0.25) is 0 Å². The largest absolute Gasteiger partial charge is 0.466 e. The van der Waals surface area contributed by atoms with E-state index >= 15 is 0 Å². The van der Waals surface area contributed by atoms with Crippen LogP contribution >= 0.6 is 0 Å². The molecule has 50 valence electrons. The van der Waals surface area contributed by atoms with Crippen molar-refractivity contribution in [3.63, 3.8) is 0 Å². The van der Waals surface area contributed by atoms with E-state index in [4.69, 9.17) is 4.74 Å². The van der Waals surface area contributed by atoms with Crippen LogP contribution in [0.5, 0.6) is 6.01 Å². The van der Waals surface area contributed by atoms with Crippen LogP contribution in [0.25, 0.3) is 0 Å². The Morgan fingerprint density at radius 1 is 1.67 bits per heavy atom. The van der Waals surface area contributed by atoms with Crippen molar-refractivity contribution in [3.8, 4) is 6.01 Å². The van der Waals surface area contributed by atoms with Crippen LogP contribution in [0.2, 0.25) is 0 Å². The number of aryl methyl sites for hydroxylation is 1. The Bertz CT molecular complexity index is 166. The lowest BCUT2D eigenvalue weighted by Gasteiger charge is -1.95. The highest BCUT2D eigenvalue weighted by atomic mass is 16.5. The third kappa shape index (κ3) is 0.984. The summed E-state index contributed by atoms with van der Waals surface area (Å²) in [6.45, 7) is 2.68. The third-order valence-corrected chi connectivity index (χ3v) is 0.981. The van der Waals surface area contributed by atoms with Gasteiger partial charge in [-0.05, 0) is 17.4 Å². The summed E-state index contributed by atoms with van der Waals surface area (Å²) in [5, 5.41) is 10.6. The lowest BCUT2D eigenvalue weighted by Crippen LogP contribution is -1.99. The average molecular weight is 128 g/mol. The molecule has 0 aliphatic rings. The van der Waals surface area contributed by atoms with Crippen LogP contribution in [0.15, 0.2) is 0 Å². The van der Waals surface area contributed by atoms with E-state index in [0.717, 1.165) is 6.54 Å². The molecule has 0 unspecified atom stereocenters. The van der Waals surface area contributed by atoms with Crippen LogP contribution in [0, 0.1) is 0 Å². The summed E-state index contributed by atoms with van der Waals surface area (Å²) in [4.78, 5) is 0. The molecule has 0 atom stereocenters. The van der Waals surface area contributed by atoms with Crippen LogP contribution in [0.3, 0.4) is 0 Å². The summed E-state index contributed by atoms with van der Waals surface area (Å²) in [5.41, 5.74) is 0. The number of rotatable bonds is 2. The molecule has 0 spiro atoms. The van der Waals surface area contributed by atoms with Gasteiger partial charge in [0.05, 0.1) is 7.11 Å². The number of tetrazole rings is 1. The van der Waals surface area contributed by atoms with Gasteiger partial charge in [0.15, 0.2) is 0 Å². The lowest BCUT2D eigenvalue weighted by atomic mass is 10.8. The number of nitrogens with zero attached hydrogens (tertiary/aromatic N) is 4. The summed E-state index contributed by atoms with van der Waals surface area (Å²) in [7, 11) is 1.54. The molecule has 1 aromatic heterocycles. The quantitative estimate of drug-likeness (QED) is 0.548. The molecule has 1 rings (SSSR count). The van der Waals surface area contributed by atoms with E-state index in [1.165, 1.54) is 7.11 Å². The molecule has 9 heavy (non-hydrogen) atoms. The zero-order valence-corrected chi connectivity index (χ0v) is 5.40. The smallest absolute Gasteiger partial charge is 0.335 e. The number of methoxy groups -OCH3 is 1. The maximum absolute atomic E-state index is 4.80. The summed E-state index contributed by atoms with van der Waals surface area (Å²) >= 11 is 0. The second kappa shape index (κ2) is 2.43. The Hall–Kier alpha value is -1.13. The first kappa shape index (κ1) is 6.00. The first-order chi connectivity index (χ1) is 4.38. The van der Waals surface area contributed by atoms with Gasteiger partial charge in [0.1, 0.15) is 0 Å². The normalized spacial score (nSPS) is 9.56. The van der Waals surface area contributed by atoms with Crippen molar-refractivity contribution in [2.24, 2.45) is 0 Å². The molecule has 0 saturated heterocycles. The van der Waals surface area contributed by atoms with Crippen molar-refractivity contribution in [3.05, 3.63) is 0 Å². The van der Waals surface area contributed by atoms with Gasteiger partial charge in [-0.25, -0.2) is 0 Å². The summed E-state index contributed by atoms with van der Waals surface area (Å²) in [5.74, 6) is 0. The van der Waals surface area contributed by atoms with Crippen molar-refractivity contribution < 1.29 is 4.74 Å². The van der Waals surface area contributed by atoms with Crippen LogP contribution in [-0.2, 0) is 6.54 Å². The molecule has 0 aromatic carbocycles. The van der Waals surface area contributed by atoms with E-state index in [-0.39, 0.29) is 0 Å². The summed E-state index contributed by atoms with van der Waals surface area (Å²) in [6, 6.07) is 0.456. The van der Waals surface area contributed by atoms with E-state index in [1.807, 2.05) is 6.92 Å². The van der Waals surface area contributed by atoms with Crippen molar-refractivity contribution in [1.29, 1.82) is 0 Å². The Balaban J connectivity index is 2.85. The minimum atomic E-state index is 0.456. The van der Waals surface area contributed by atoms with Crippen molar-refractivity contribution in [2.45, 2.75) is 13.5 Å². The third-order valence-electron chi connectivity index (χ3n) is 0.981. The minimum Gasteiger partial charge on any atom is -0.466 e. The lowest BCUT2D eigenvalue weighted by molar-refractivity contribution is 0.350. The molecule has 1 heterocycles. The summed E-state index contributed by atoms with van der Waals surface area (Å²) < 4.78 is 6.37. The van der Waals surface area contributed by atoms with Gasteiger partial charge in [-0.15, -0.1) is 0 Å². The fourth-order valence-electron chi connectivity index (χ4n) is 0.541. The molecule has 0 aliphatic heterocycles. The molecule has 0 aliphatic carbocycles. The van der Waals surface area contributed by atoms with Crippen LogP contribution in [-0.4, -0.2) is 27.3 Å². The first-order valence-corrected chi connectivity index (χ1v) is 2.68. The van der Waals surface area contributed by atoms with Gasteiger partial charge >= 0.3 is 6.01 Å². The van der Waals surface area contributed by atoms with Crippen molar-refractivity contribution in [1.82, 2.24) is 20.2 Å². The van der Waals surface area contributed by atoms with E-state index < -0.39 is 0 Å². The molecular weight excluding hydrogens is 120 g/mol. The molecule has 0 saturated carbocycles. The van der Waals surface area contributed by atoms with E-state index in [2.05, 4.69) is 15.5 Å². The Kier molecular flexibility index (Phi) is 1.62. The maximum atomic E-state index is 4.80. The SMILES string of the molecule is CCn1nnnc1OC. The minimum absolute atomic E-state index is 0.456. The van der Waals surface area contributed by atoms with Crippen LogP contribution in [0.4, 0.5) is 0 Å². The average Bonchev–Trinajstić information content (AvgIpc) is 2.33. The predicted molar refractivity (Wildman–Crippen MR) is 30.0 cm³/mol. The van der Waals surface area contributed by atoms with Gasteiger partial charge in [0, 0.05) is 6.54 Å². The number of hydrogen-bond donors (Lipinski definition) is 0. The molecule has 0 amide bonds. The Morgan fingerprint density at radius 2 is 2.44 bits per heavy atom. The summed E-state index contributed by atoms with van der Waals surface area (Å²) in [6.07, 6.45) is 0. The van der Waals surface area contributed by atoms with Gasteiger partial charge in [0.25, 0.3) is 0 Å². The number of hydrogen-bond acceptors (Lipinski definition) is 4. The molecule has 0 fully saturated rings. The second-order valence-corrected chi connectivity index (χ2v) is 1.48. The van der Waals surface area contributed by atoms with E-state index in [0.29, 0.717) is 6.01 Å². The van der Waals surface area contributed by atoms with Gasteiger partial charge in [-0.2, -0.15) is 4.68 Å². The highest BCUT2D eigenvalue weighted by Gasteiger charge is 1.99. The Morgan fingerprint density at radius 3 is 2.89 bits per heavy atom. The molecule has 1 aromatic rings. The molecule has 5 nitrogen and oxygen atoms in total. The van der Waals surface area contributed by atoms with Gasteiger partial charge in [-0.3, -0.25) is 0 Å². The maximum Gasteiger partial charge on any atom is 0.335 e. The zero-order valence-electron chi connectivity index (χ0n) is 5.40. The van der Waals surface area contributed by atoms with Crippen molar-refractivity contribution in [2.75, 3.05) is 7.11 Å². The Labute approximate surface area is 52.6 Å². The molecule has 0 bridgehead atoms. The predicted octanol–water partition coefficient (Wildman–Crippen LogP) is -0.298. The molecule has 0 N–H and O–H groups in total. The van der Waals surface area contributed by atoms with E-state index in [1.54, 1.807) is 4.68 Å². The first-order valence-electron chi connectivity index (χ1n) is 2.68. The number of aromatic nitrogens is 4. The van der Waals surface area contributed by atoms with Gasteiger partial charge in [-0.1, -0.05) is 5.10 Å². The highest BCUT2D eigenvalue weighted by molar-refractivity contribution is 4.84. The second-order valence-electron chi connectivity index (χ2n) is 1.48. The monoisotopic (exact) mass is 128 g/mol. The fourth-order valence-corrected chi connectivity index (χ4v) is 0.541. The fraction of sp³-hybridized carbons (Fsp3) is 0.750. The van der Waals surface area contributed by atoms with Crippen LogP contribution < -0.4 is 4.74 Å². The number of ether oxygens (including phenoxy) is 1. The standard InChI is InChI=1S/C4H8N4O/c1-3-8-4(9-2)5-6-7-8/h3H2,1-2H3. The van der Waals surface area contributed by atoms with Crippen LogP contribution in [0.1, 0.15) is 6.92 Å². The topological polar surface area (TPSA) is 52.8 Å². The highest BCUT2D eigenvalue weighted by Crippen LogP contribution is 1.98. The van der Waals surface area contributed by atoms with Gasteiger partial charge < -0.3 is 4.74 Å². The van der Waals surface area contributed by atoms with Crippen molar-refractivity contribution >= 4 is 0 Å². The molecule has 0 radical (unpaired) electrons. The zero-order chi connectivity index (χ0) is 6.69. The molecule has 5 heteroatoms.